The molecular formula is C19H26N2O5. The highest BCUT2D eigenvalue weighted by Crippen LogP contribution is 2.24. The smallest absolute Gasteiger partial charge is 0.257 e. The summed E-state index contributed by atoms with van der Waals surface area (Å²) in [6.07, 6.45) is -0.384. The lowest BCUT2D eigenvalue weighted by Gasteiger charge is -2.16. The van der Waals surface area contributed by atoms with Crippen molar-refractivity contribution >= 4 is 5.91 Å². The van der Waals surface area contributed by atoms with E-state index in [4.69, 9.17) is 18.7 Å². The Labute approximate surface area is 153 Å². The maximum atomic E-state index is 12.5. The second-order valence-electron chi connectivity index (χ2n) is 5.50. The molecule has 0 aliphatic rings. The van der Waals surface area contributed by atoms with Gasteiger partial charge in [-0.15, -0.1) is 0 Å². The Morgan fingerprint density at radius 2 is 1.88 bits per heavy atom. The van der Waals surface area contributed by atoms with Crippen LogP contribution >= 0.6 is 0 Å². The fourth-order valence-electron chi connectivity index (χ4n) is 2.45. The topological polar surface area (TPSA) is 82.8 Å². The number of carbonyl (C=O) groups is 1. The molecule has 1 aromatic heterocycles. The molecule has 0 aliphatic heterocycles. The van der Waals surface area contributed by atoms with Crippen molar-refractivity contribution in [2.75, 3.05) is 33.0 Å². The van der Waals surface area contributed by atoms with Crippen LogP contribution in [0.3, 0.4) is 0 Å². The summed E-state index contributed by atoms with van der Waals surface area (Å²) in [5.74, 6) is 0.243. The summed E-state index contributed by atoms with van der Waals surface area (Å²) in [6.45, 7) is 7.67. The van der Waals surface area contributed by atoms with Crippen molar-refractivity contribution in [3.8, 4) is 11.3 Å². The van der Waals surface area contributed by atoms with Crippen LogP contribution in [0.1, 0.15) is 30.0 Å². The zero-order valence-corrected chi connectivity index (χ0v) is 15.5. The quantitative estimate of drug-likeness (QED) is 0.489. The first-order valence-corrected chi connectivity index (χ1v) is 8.78. The highest BCUT2D eigenvalue weighted by Gasteiger charge is 2.21. The van der Waals surface area contributed by atoms with Crippen LogP contribution in [0.2, 0.25) is 0 Å². The van der Waals surface area contributed by atoms with Crippen LogP contribution in [0.5, 0.6) is 0 Å². The van der Waals surface area contributed by atoms with E-state index >= 15 is 0 Å². The summed E-state index contributed by atoms with van der Waals surface area (Å²) in [4.78, 5) is 12.5. The van der Waals surface area contributed by atoms with E-state index < -0.39 is 0 Å². The molecule has 0 unspecified atom stereocenters. The Balaban J connectivity index is 1.85. The Bertz CT molecular complexity index is 666. The van der Waals surface area contributed by atoms with Crippen LogP contribution in [0.4, 0.5) is 0 Å². The standard InChI is InChI=1S/C19H26N2O5/c1-4-24-16(25-5-2)13-23-12-11-20-19(22)17-14(3)26-21-18(17)15-9-7-6-8-10-15/h6-10,16H,4-5,11-13H2,1-3H3,(H,20,22). The summed E-state index contributed by atoms with van der Waals surface area (Å²) in [6, 6.07) is 9.47. The van der Waals surface area contributed by atoms with Gasteiger partial charge in [-0.1, -0.05) is 35.5 Å². The third-order valence-corrected chi connectivity index (χ3v) is 3.63. The van der Waals surface area contributed by atoms with Gasteiger partial charge in [0.25, 0.3) is 5.91 Å². The Morgan fingerprint density at radius 1 is 1.19 bits per heavy atom. The summed E-state index contributed by atoms with van der Waals surface area (Å²) in [7, 11) is 0. The van der Waals surface area contributed by atoms with Gasteiger partial charge < -0.3 is 24.1 Å². The molecule has 0 aliphatic carbocycles. The number of aromatic nitrogens is 1. The van der Waals surface area contributed by atoms with Crippen LogP contribution in [-0.4, -0.2) is 50.3 Å². The number of benzene rings is 1. The van der Waals surface area contributed by atoms with Crippen LogP contribution < -0.4 is 5.32 Å². The second-order valence-corrected chi connectivity index (χ2v) is 5.50. The van der Waals surface area contributed by atoms with Gasteiger partial charge in [0.2, 0.25) is 0 Å². The fraction of sp³-hybridized carbons (Fsp3) is 0.474. The van der Waals surface area contributed by atoms with Crippen LogP contribution in [0.25, 0.3) is 11.3 Å². The van der Waals surface area contributed by atoms with Gasteiger partial charge in [-0.25, -0.2) is 0 Å². The number of nitrogens with one attached hydrogen (secondary N) is 1. The largest absolute Gasteiger partial charge is 0.374 e. The van der Waals surface area contributed by atoms with Crippen LogP contribution in [0.15, 0.2) is 34.9 Å². The number of hydrogen-bond acceptors (Lipinski definition) is 6. The Morgan fingerprint density at radius 3 is 2.54 bits per heavy atom. The highest BCUT2D eigenvalue weighted by atomic mass is 16.7. The molecule has 0 fully saturated rings. The maximum Gasteiger partial charge on any atom is 0.257 e. The molecule has 1 aromatic carbocycles. The number of hydrogen-bond donors (Lipinski definition) is 1. The zero-order valence-electron chi connectivity index (χ0n) is 15.5. The minimum Gasteiger partial charge on any atom is -0.374 e. The fourth-order valence-corrected chi connectivity index (χ4v) is 2.45. The van der Waals surface area contributed by atoms with Gasteiger partial charge >= 0.3 is 0 Å². The molecular weight excluding hydrogens is 336 g/mol. The minimum absolute atomic E-state index is 0.239. The molecule has 0 saturated heterocycles. The predicted molar refractivity (Wildman–Crippen MR) is 96.9 cm³/mol. The normalized spacial score (nSPS) is 11.1. The molecule has 1 heterocycles. The number of amides is 1. The predicted octanol–water partition coefficient (Wildman–Crippen LogP) is 2.80. The molecule has 26 heavy (non-hydrogen) atoms. The number of nitrogens with zero attached hydrogens (tertiary/aromatic N) is 1. The average Bonchev–Trinajstić information content (AvgIpc) is 3.04. The monoisotopic (exact) mass is 362 g/mol. The molecule has 0 saturated carbocycles. The van der Waals surface area contributed by atoms with Gasteiger partial charge in [0.15, 0.2) is 6.29 Å². The molecule has 7 nitrogen and oxygen atoms in total. The van der Waals surface area contributed by atoms with Crippen molar-refractivity contribution in [2.24, 2.45) is 0 Å². The third-order valence-electron chi connectivity index (χ3n) is 3.63. The van der Waals surface area contributed by atoms with Gasteiger partial charge in [0.1, 0.15) is 17.0 Å². The molecule has 2 rings (SSSR count). The first-order chi connectivity index (χ1) is 12.7. The number of rotatable bonds is 11. The number of ether oxygens (including phenoxy) is 3. The van der Waals surface area contributed by atoms with E-state index in [2.05, 4.69) is 10.5 Å². The molecule has 1 N–H and O–H groups in total. The molecule has 2 aromatic rings. The molecule has 0 spiro atoms. The van der Waals surface area contributed by atoms with Gasteiger partial charge in [0.05, 0.1) is 13.2 Å². The molecule has 1 amide bonds. The van der Waals surface area contributed by atoms with Crippen molar-refractivity contribution in [2.45, 2.75) is 27.1 Å². The third kappa shape index (κ3) is 5.66. The lowest BCUT2D eigenvalue weighted by Crippen LogP contribution is -2.30. The first kappa shape index (κ1) is 20.1. The van der Waals surface area contributed by atoms with Crippen molar-refractivity contribution in [3.63, 3.8) is 0 Å². The first-order valence-electron chi connectivity index (χ1n) is 8.78. The highest BCUT2D eigenvalue weighted by molar-refractivity contribution is 6.00. The zero-order chi connectivity index (χ0) is 18.8. The van der Waals surface area contributed by atoms with Crippen LogP contribution in [-0.2, 0) is 14.2 Å². The SMILES string of the molecule is CCOC(COCCNC(=O)c1c(-c2ccccc2)noc1C)OCC. The van der Waals surface area contributed by atoms with Crippen molar-refractivity contribution in [1.82, 2.24) is 10.5 Å². The van der Waals surface area contributed by atoms with Gasteiger partial charge in [-0.05, 0) is 20.8 Å². The van der Waals surface area contributed by atoms with Crippen molar-refractivity contribution in [1.29, 1.82) is 0 Å². The van der Waals surface area contributed by atoms with Gasteiger partial charge in [0, 0.05) is 25.3 Å². The van der Waals surface area contributed by atoms with E-state index in [1.165, 1.54) is 0 Å². The van der Waals surface area contributed by atoms with E-state index in [1.54, 1.807) is 6.92 Å². The van der Waals surface area contributed by atoms with Crippen molar-refractivity contribution in [3.05, 3.63) is 41.7 Å². The van der Waals surface area contributed by atoms with Gasteiger partial charge in [-0.2, -0.15) is 0 Å². The van der Waals surface area contributed by atoms with Crippen molar-refractivity contribution < 1.29 is 23.5 Å². The Kier molecular flexibility index (Phi) is 8.27. The summed E-state index contributed by atoms with van der Waals surface area (Å²) in [5, 5.41) is 6.84. The van der Waals surface area contributed by atoms with E-state index in [0.29, 0.717) is 50.0 Å². The summed E-state index contributed by atoms with van der Waals surface area (Å²) < 4.78 is 21.5. The number of carbonyl (C=O) groups excluding carboxylic acids is 1. The average molecular weight is 362 g/mol. The lowest BCUT2D eigenvalue weighted by molar-refractivity contribution is -0.166. The number of aryl methyl sites for hydroxylation is 1. The molecule has 0 atom stereocenters. The van der Waals surface area contributed by atoms with E-state index in [1.807, 2.05) is 44.2 Å². The second kappa shape index (κ2) is 10.7. The molecule has 7 heteroatoms. The maximum absolute atomic E-state index is 12.5. The molecule has 0 bridgehead atoms. The lowest BCUT2D eigenvalue weighted by atomic mass is 10.1. The van der Waals surface area contributed by atoms with E-state index in [-0.39, 0.29) is 12.2 Å². The summed E-state index contributed by atoms with van der Waals surface area (Å²) in [5.41, 5.74) is 1.81. The van der Waals surface area contributed by atoms with E-state index in [9.17, 15) is 4.79 Å². The summed E-state index contributed by atoms with van der Waals surface area (Å²) >= 11 is 0. The Hall–Kier alpha value is -2.22. The van der Waals surface area contributed by atoms with Gasteiger partial charge in [-0.3, -0.25) is 4.79 Å². The molecule has 0 radical (unpaired) electrons. The minimum atomic E-state index is -0.384. The van der Waals surface area contributed by atoms with E-state index in [0.717, 1.165) is 5.56 Å². The molecule has 142 valence electrons. The van der Waals surface area contributed by atoms with Crippen LogP contribution in [0, 0.1) is 6.92 Å².